The maximum Gasteiger partial charge on any atom is 0.274 e. The average Bonchev–Trinajstić information content (AvgIpc) is 2.49. The van der Waals surface area contributed by atoms with E-state index in [-0.39, 0.29) is 0 Å². The molecule has 3 nitrogen and oxygen atoms in total. The van der Waals surface area contributed by atoms with Crippen molar-refractivity contribution in [2.75, 3.05) is 0 Å². The predicted octanol–water partition coefficient (Wildman–Crippen LogP) is 5.32. The van der Waals surface area contributed by atoms with Crippen LogP contribution >= 0.6 is 0 Å². The summed E-state index contributed by atoms with van der Waals surface area (Å²) >= 11 is 0. The van der Waals surface area contributed by atoms with Gasteiger partial charge in [-0.2, -0.15) is 8.42 Å². The highest BCUT2D eigenvalue weighted by atomic mass is 32.2. The van der Waals surface area contributed by atoms with E-state index < -0.39 is 14.9 Å². The highest BCUT2D eigenvalue weighted by Crippen LogP contribution is 2.39. The SMILES string of the molecule is CCCCCCCCC(CCC)(c1ccccc1)S(=O)(=O)O. The second kappa shape index (κ2) is 9.31. The van der Waals surface area contributed by atoms with Crippen LogP contribution in [0.3, 0.4) is 0 Å². The summed E-state index contributed by atoms with van der Waals surface area (Å²) in [7, 11) is -4.14. The first kappa shape index (κ1) is 19.2. The molecule has 0 spiro atoms. The van der Waals surface area contributed by atoms with Crippen LogP contribution in [-0.2, 0) is 14.9 Å². The highest BCUT2D eigenvalue weighted by molar-refractivity contribution is 7.86. The van der Waals surface area contributed by atoms with Gasteiger partial charge in [-0.1, -0.05) is 89.1 Å². The Hall–Kier alpha value is -0.870. The summed E-state index contributed by atoms with van der Waals surface area (Å²) in [6.45, 7) is 4.14. The number of hydrogen-bond acceptors (Lipinski definition) is 2. The monoisotopic (exact) mass is 326 g/mol. The number of unbranched alkanes of at least 4 members (excludes halogenated alkanes) is 5. The summed E-state index contributed by atoms with van der Waals surface area (Å²) in [5, 5.41) is 0. The van der Waals surface area contributed by atoms with Crippen molar-refractivity contribution < 1.29 is 13.0 Å². The Kier molecular flexibility index (Phi) is 8.12. The predicted molar refractivity (Wildman–Crippen MR) is 92.6 cm³/mol. The molecule has 1 rings (SSSR count). The Bertz CT molecular complexity index is 510. The maximum absolute atomic E-state index is 12.2. The first-order valence-electron chi connectivity index (χ1n) is 8.50. The molecule has 0 aromatic heterocycles. The minimum atomic E-state index is -4.14. The Morgan fingerprint density at radius 1 is 0.864 bits per heavy atom. The van der Waals surface area contributed by atoms with Gasteiger partial charge in [-0.15, -0.1) is 0 Å². The first-order chi connectivity index (χ1) is 10.5. The molecule has 0 saturated carbocycles. The highest BCUT2D eigenvalue weighted by Gasteiger charge is 2.43. The average molecular weight is 327 g/mol. The summed E-state index contributed by atoms with van der Waals surface area (Å²) in [6, 6.07) is 9.19. The van der Waals surface area contributed by atoms with Crippen LogP contribution in [0.5, 0.6) is 0 Å². The number of rotatable bonds is 11. The lowest BCUT2D eigenvalue weighted by Crippen LogP contribution is -2.35. The Morgan fingerprint density at radius 3 is 2.00 bits per heavy atom. The summed E-state index contributed by atoms with van der Waals surface area (Å²) in [5.41, 5.74) is 0.716. The van der Waals surface area contributed by atoms with Crippen molar-refractivity contribution in [3.8, 4) is 0 Å². The molecule has 0 bridgehead atoms. The minimum Gasteiger partial charge on any atom is -0.285 e. The largest absolute Gasteiger partial charge is 0.285 e. The molecule has 0 amide bonds. The zero-order valence-electron chi connectivity index (χ0n) is 13.9. The van der Waals surface area contributed by atoms with E-state index >= 15 is 0 Å². The van der Waals surface area contributed by atoms with Crippen molar-refractivity contribution >= 4 is 10.1 Å². The molecule has 0 heterocycles. The van der Waals surface area contributed by atoms with Gasteiger partial charge < -0.3 is 0 Å². The molecule has 1 aromatic rings. The molecule has 1 atom stereocenters. The molecular formula is C18H30O3S. The third kappa shape index (κ3) is 5.10. The van der Waals surface area contributed by atoms with Gasteiger partial charge in [0.1, 0.15) is 4.75 Å². The van der Waals surface area contributed by atoms with Gasteiger partial charge in [-0.3, -0.25) is 4.55 Å². The van der Waals surface area contributed by atoms with Crippen molar-refractivity contribution in [2.45, 2.75) is 76.4 Å². The second-order valence-electron chi connectivity index (χ2n) is 6.10. The van der Waals surface area contributed by atoms with E-state index in [2.05, 4.69) is 6.92 Å². The lowest BCUT2D eigenvalue weighted by Gasteiger charge is -2.31. The second-order valence-corrected chi connectivity index (χ2v) is 7.83. The van der Waals surface area contributed by atoms with Crippen molar-refractivity contribution in [1.29, 1.82) is 0 Å². The van der Waals surface area contributed by atoms with Gasteiger partial charge in [0.2, 0.25) is 0 Å². The molecule has 4 heteroatoms. The van der Waals surface area contributed by atoms with E-state index in [1.54, 1.807) is 0 Å². The normalized spacial score (nSPS) is 14.7. The fourth-order valence-electron chi connectivity index (χ4n) is 3.16. The summed E-state index contributed by atoms with van der Waals surface area (Å²) in [5.74, 6) is 0. The smallest absolute Gasteiger partial charge is 0.274 e. The fraction of sp³-hybridized carbons (Fsp3) is 0.667. The Balaban J connectivity index is 2.87. The number of hydrogen-bond donors (Lipinski definition) is 1. The van der Waals surface area contributed by atoms with Crippen LogP contribution in [0.15, 0.2) is 30.3 Å². The van der Waals surface area contributed by atoms with Gasteiger partial charge in [0.05, 0.1) is 0 Å². The molecule has 22 heavy (non-hydrogen) atoms. The van der Waals surface area contributed by atoms with Crippen LogP contribution in [-0.4, -0.2) is 13.0 Å². The molecule has 0 fully saturated rings. The molecule has 1 unspecified atom stereocenters. The third-order valence-electron chi connectivity index (χ3n) is 4.38. The van der Waals surface area contributed by atoms with Crippen LogP contribution in [0.1, 0.15) is 77.2 Å². The van der Waals surface area contributed by atoms with E-state index in [1.807, 2.05) is 37.3 Å². The van der Waals surface area contributed by atoms with Crippen molar-refractivity contribution in [1.82, 2.24) is 0 Å². The zero-order chi connectivity index (χ0) is 16.5. The van der Waals surface area contributed by atoms with Crippen molar-refractivity contribution in [3.05, 3.63) is 35.9 Å². The maximum atomic E-state index is 12.2. The van der Waals surface area contributed by atoms with E-state index in [0.29, 0.717) is 18.4 Å². The third-order valence-corrected chi connectivity index (χ3v) is 6.01. The van der Waals surface area contributed by atoms with E-state index in [1.165, 1.54) is 19.3 Å². The molecule has 126 valence electrons. The van der Waals surface area contributed by atoms with Gasteiger partial charge in [-0.05, 0) is 18.4 Å². The molecule has 0 aliphatic rings. The van der Waals surface area contributed by atoms with Crippen LogP contribution in [0.2, 0.25) is 0 Å². The molecule has 0 aliphatic carbocycles. The van der Waals surface area contributed by atoms with E-state index in [0.717, 1.165) is 25.7 Å². The van der Waals surface area contributed by atoms with Crippen LogP contribution in [0.25, 0.3) is 0 Å². The zero-order valence-corrected chi connectivity index (χ0v) is 14.7. The molecule has 0 aliphatic heterocycles. The van der Waals surface area contributed by atoms with Crippen LogP contribution < -0.4 is 0 Å². The minimum absolute atomic E-state index is 0.463. The Morgan fingerprint density at radius 2 is 1.45 bits per heavy atom. The molecule has 1 N–H and O–H groups in total. The van der Waals surface area contributed by atoms with Crippen LogP contribution in [0.4, 0.5) is 0 Å². The lowest BCUT2D eigenvalue weighted by molar-refractivity contribution is 0.382. The summed E-state index contributed by atoms with van der Waals surface area (Å²) in [4.78, 5) is 0. The van der Waals surface area contributed by atoms with Gasteiger partial charge in [0, 0.05) is 0 Å². The van der Waals surface area contributed by atoms with Gasteiger partial charge in [-0.25, -0.2) is 0 Å². The molecule has 0 saturated heterocycles. The van der Waals surface area contributed by atoms with Crippen molar-refractivity contribution in [2.24, 2.45) is 0 Å². The van der Waals surface area contributed by atoms with E-state index in [4.69, 9.17) is 0 Å². The molecular weight excluding hydrogens is 296 g/mol. The molecule has 1 aromatic carbocycles. The lowest BCUT2D eigenvalue weighted by atomic mass is 9.88. The van der Waals surface area contributed by atoms with Crippen molar-refractivity contribution in [3.63, 3.8) is 0 Å². The molecule has 0 radical (unpaired) electrons. The van der Waals surface area contributed by atoms with Gasteiger partial charge in [0.25, 0.3) is 10.1 Å². The first-order valence-corrected chi connectivity index (χ1v) is 9.94. The number of benzene rings is 1. The quantitative estimate of drug-likeness (QED) is 0.442. The summed E-state index contributed by atoms with van der Waals surface area (Å²) < 4.78 is 33.1. The van der Waals surface area contributed by atoms with Gasteiger partial charge >= 0.3 is 0 Å². The van der Waals surface area contributed by atoms with Crippen LogP contribution in [0, 0.1) is 0 Å². The Labute approximate surface area is 135 Å². The summed E-state index contributed by atoms with van der Waals surface area (Å²) in [6.07, 6.45) is 8.31. The topological polar surface area (TPSA) is 54.4 Å². The fourth-order valence-corrected chi connectivity index (χ4v) is 4.46. The van der Waals surface area contributed by atoms with Gasteiger partial charge in [0.15, 0.2) is 0 Å². The standard InChI is InChI=1S/C18H30O3S/c1-3-5-6-7-8-12-16-18(15-4-2,22(19,20)21)17-13-10-9-11-14-17/h9-11,13-14H,3-8,12,15-16H2,1-2H3,(H,19,20,21). The van der Waals surface area contributed by atoms with E-state index in [9.17, 15) is 13.0 Å².